The molecule has 0 unspecified atom stereocenters. The number of hydrogen-bond acceptors (Lipinski definition) is 5. The van der Waals surface area contributed by atoms with Crippen molar-refractivity contribution in [2.75, 3.05) is 10.6 Å². The molecule has 0 aliphatic rings. The second kappa shape index (κ2) is 6.44. The van der Waals surface area contributed by atoms with Crippen LogP contribution in [0.4, 0.5) is 23.3 Å². The van der Waals surface area contributed by atoms with E-state index in [2.05, 4.69) is 32.5 Å². The van der Waals surface area contributed by atoms with Gasteiger partial charge in [-0.2, -0.15) is 15.0 Å². The Kier molecular flexibility index (Phi) is 4.19. The Morgan fingerprint density at radius 3 is 1.96 bits per heavy atom. The van der Waals surface area contributed by atoms with Crippen molar-refractivity contribution in [3.05, 3.63) is 65.5 Å². The minimum Gasteiger partial charge on any atom is -0.324 e. The minimum absolute atomic E-state index is 0.525. The molecule has 5 heteroatoms. The monoisotopic (exact) mass is 305 g/mol. The molecular weight excluding hydrogens is 286 g/mol. The van der Waals surface area contributed by atoms with Gasteiger partial charge in [0.1, 0.15) is 5.82 Å². The Bertz CT molecular complexity index is 812. The molecule has 0 aliphatic heterocycles. The molecular formula is C18H19N5. The summed E-state index contributed by atoms with van der Waals surface area (Å²) >= 11 is 0. The molecule has 3 aromatic rings. The zero-order valence-corrected chi connectivity index (χ0v) is 13.5. The number of anilines is 4. The van der Waals surface area contributed by atoms with E-state index >= 15 is 0 Å². The molecule has 23 heavy (non-hydrogen) atoms. The minimum atomic E-state index is 0.525. The molecule has 2 N–H and O–H groups in total. The highest BCUT2D eigenvalue weighted by Crippen LogP contribution is 2.18. The maximum Gasteiger partial charge on any atom is 0.232 e. The fourth-order valence-electron chi connectivity index (χ4n) is 2.21. The first-order chi connectivity index (χ1) is 11.1. The van der Waals surface area contributed by atoms with E-state index in [0.717, 1.165) is 11.4 Å². The third-order valence-corrected chi connectivity index (χ3v) is 3.33. The summed E-state index contributed by atoms with van der Waals surface area (Å²) in [5.41, 5.74) is 4.29. The lowest BCUT2D eigenvalue weighted by molar-refractivity contribution is 0.989. The van der Waals surface area contributed by atoms with E-state index in [9.17, 15) is 0 Å². The molecule has 0 radical (unpaired) electrons. The van der Waals surface area contributed by atoms with Crippen molar-refractivity contribution >= 4 is 23.3 Å². The molecule has 0 fully saturated rings. The van der Waals surface area contributed by atoms with Gasteiger partial charge in [-0.25, -0.2) is 0 Å². The van der Waals surface area contributed by atoms with Gasteiger partial charge in [0.05, 0.1) is 0 Å². The van der Waals surface area contributed by atoms with E-state index in [0.29, 0.717) is 17.7 Å². The lowest BCUT2D eigenvalue weighted by atomic mass is 10.2. The summed E-state index contributed by atoms with van der Waals surface area (Å²) in [6, 6.07) is 16.2. The van der Waals surface area contributed by atoms with Gasteiger partial charge in [0.25, 0.3) is 0 Å². The zero-order chi connectivity index (χ0) is 16.2. The molecule has 1 aromatic heterocycles. The average molecular weight is 305 g/mol. The summed E-state index contributed by atoms with van der Waals surface area (Å²) in [6.45, 7) is 5.96. The first-order valence-electron chi connectivity index (χ1n) is 7.48. The quantitative estimate of drug-likeness (QED) is 0.753. The van der Waals surface area contributed by atoms with Crippen LogP contribution in [0.25, 0.3) is 0 Å². The van der Waals surface area contributed by atoms with Gasteiger partial charge >= 0.3 is 0 Å². The second-order valence-corrected chi connectivity index (χ2v) is 5.52. The number of nitrogens with zero attached hydrogens (tertiary/aromatic N) is 3. The predicted octanol–water partition coefficient (Wildman–Crippen LogP) is 4.28. The summed E-state index contributed by atoms with van der Waals surface area (Å²) in [5, 5.41) is 6.43. The van der Waals surface area contributed by atoms with Crippen LogP contribution in [-0.2, 0) is 0 Å². The van der Waals surface area contributed by atoms with Crippen LogP contribution in [0.15, 0.2) is 48.5 Å². The van der Waals surface area contributed by atoms with E-state index in [-0.39, 0.29) is 0 Å². The lowest BCUT2D eigenvalue weighted by Gasteiger charge is -2.09. The van der Waals surface area contributed by atoms with Crippen molar-refractivity contribution in [2.45, 2.75) is 20.8 Å². The standard InChI is InChI=1S/C18H19N5/c1-12-7-9-15(10-8-12)21-17-19-14(3)20-18(23-17)22-16-6-4-5-13(2)11-16/h4-11H,1-3H3,(H2,19,20,21,22,23). The smallest absolute Gasteiger partial charge is 0.232 e. The predicted molar refractivity (Wildman–Crippen MR) is 93.5 cm³/mol. The topological polar surface area (TPSA) is 62.7 Å². The van der Waals surface area contributed by atoms with Crippen molar-refractivity contribution in [1.82, 2.24) is 15.0 Å². The summed E-state index contributed by atoms with van der Waals surface area (Å²) in [7, 11) is 0. The number of benzene rings is 2. The number of rotatable bonds is 4. The summed E-state index contributed by atoms with van der Waals surface area (Å²) < 4.78 is 0. The van der Waals surface area contributed by atoms with E-state index < -0.39 is 0 Å². The van der Waals surface area contributed by atoms with Crippen LogP contribution >= 0.6 is 0 Å². The molecule has 0 bridgehead atoms. The summed E-state index contributed by atoms with van der Waals surface area (Å²) in [5.74, 6) is 1.71. The largest absolute Gasteiger partial charge is 0.324 e. The molecule has 1 heterocycles. The van der Waals surface area contributed by atoms with Crippen LogP contribution in [0.3, 0.4) is 0 Å². The fraction of sp³-hybridized carbons (Fsp3) is 0.167. The zero-order valence-electron chi connectivity index (χ0n) is 13.5. The van der Waals surface area contributed by atoms with Gasteiger partial charge in [-0.15, -0.1) is 0 Å². The van der Waals surface area contributed by atoms with Gasteiger partial charge < -0.3 is 10.6 Å². The van der Waals surface area contributed by atoms with Crippen molar-refractivity contribution in [3.8, 4) is 0 Å². The molecule has 0 saturated heterocycles. The molecule has 0 saturated carbocycles. The van der Waals surface area contributed by atoms with Crippen molar-refractivity contribution in [2.24, 2.45) is 0 Å². The van der Waals surface area contributed by atoms with E-state index in [1.165, 1.54) is 11.1 Å². The maximum atomic E-state index is 4.43. The van der Waals surface area contributed by atoms with Crippen LogP contribution in [0.1, 0.15) is 17.0 Å². The second-order valence-electron chi connectivity index (χ2n) is 5.52. The van der Waals surface area contributed by atoms with Crippen LogP contribution < -0.4 is 10.6 Å². The summed E-state index contributed by atoms with van der Waals surface area (Å²) in [6.07, 6.45) is 0. The average Bonchev–Trinajstić information content (AvgIpc) is 2.49. The van der Waals surface area contributed by atoms with Crippen LogP contribution in [0.2, 0.25) is 0 Å². The lowest BCUT2D eigenvalue weighted by Crippen LogP contribution is -2.05. The van der Waals surface area contributed by atoms with Crippen LogP contribution in [-0.4, -0.2) is 15.0 Å². The Balaban J connectivity index is 1.82. The Labute approximate surface area is 135 Å². The van der Waals surface area contributed by atoms with Gasteiger partial charge in [-0.05, 0) is 50.6 Å². The Hall–Kier alpha value is -2.95. The first-order valence-corrected chi connectivity index (χ1v) is 7.48. The first kappa shape index (κ1) is 15.0. The van der Waals surface area contributed by atoms with Crippen LogP contribution in [0, 0.1) is 20.8 Å². The Morgan fingerprint density at radius 1 is 0.652 bits per heavy atom. The van der Waals surface area contributed by atoms with Crippen molar-refractivity contribution in [1.29, 1.82) is 0 Å². The van der Waals surface area contributed by atoms with E-state index in [4.69, 9.17) is 0 Å². The highest BCUT2D eigenvalue weighted by molar-refractivity contribution is 5.58. The van der Waals surface area contributed by atoms with Gasteiger partial charge in [-0.3, -0.25) is 0 Å². The third kappa shape index (κ3) is 4.03. The normalized spacial score (nSPS) is 10.4. The Morgan fingerprint density at radius 2 is 1.30 bits per heavy atom. The molecule has 116 valence electrons. The molecule has 2 aromatic carbocycles. The highest BCUT2D eigenvalue weighted by Gasteiger charge is 2.05. The van der Waals surface area contributed by atoms with Crippen LogP contribution in [0.5, 0.6) is 0 Å². The number of aromatic nitrogens is 3. The third-order valence-electron chi connectivity index (χ3n) is 3.33. The molecule has 0 spiro atoms. The summed E-state index contributed by atoms with van der Waals surface area (Å²) in [4.78, 5) is 13.1. The molecule has 5 nitrogen and oxygen atoms in total. The van der Waals surface area contributed by atoms with Gasteiger partial charge in [0, 0.05) is 11.4 Å². The maximum absolute atomic E-state index is 4.43. The van der Waals surface area contributed by atoms with E-state index in [1.807, 2.05) is 62.4 Å². The van der Waals surface area contributed by atoms with Gasteiger partial charge in [-0.1, -0.05) is 29.8 Å². The van der Waals surface area contributed by atoms with Crippen molar-refractivity contribution in [3.63, 3.8) is 0 Å². The SMILES string of the molecule is Cc1ccc(Nc2nc(C)nc(Nc3cccc(C)c3)n2)cc1. The molecule has 0 amide bonds. The van der Waals surface area contributed by atoms with E-state index in [1.54, 1.807) is 0 Å². The highest BCUT2D eigenvalue weighted by atomic mass is 15.2. The van der Waals surface area contributed by atoms with Gasteiger partial charge in [0.2, 0.25) is 11.9 Å². The fourth-order valence-corrected chi connectivity index (χ4v) is 2.21. The van der Waals surface area contributed by atoms with Crippen molar-refractivity contribution < 1.29 is 0 Å². The van der Waals surface area contributed by atoms with Gasteiger partial charge in [0.15, 0.2) is 0 Å². The molecule has 3 rings (SSSR count). The molecule has 0 aliphatic carbocycles. The molecule has 0 atom stereocenters. The number of nitrogens with one attached hydrogen (secondary N) is 2. The number of aryl methyl sites for hydroxylation is 3. The number of hydrogen-bond donors (Lipinski definition) is 2.